The molecule has 2 N–H and O–H groups in total. The molecule has 228 valence electrons. The minimum absolute atomic E-state index is 0.0234. The third kappa shape index (κ3) is 6.69. The highest BCUT2D eigenvalue weighted by Gasteiger charge is 2.54. The SMILES string of the molecule is CC(C)(C)C[C@]1(c2ccc(Br)cc2)N=C(NC(=O)OCc2ccccc2)N(C(CO)c2ccc(Cl)c(-n3cncn3)c2)C1=O. The molecular weight excluding hydrogens is 648 g/mol. The first-order valence-electron chi connectivity index (χ1n) is 13.9. The number of nitrogens with zero attached hydrogens (tertiary/aromatic N) is 5. The average molecular weight is 680 g/mol. The van der Waals surface area contributed by atoms with E-state index in [-0.39, 0.29) is 18.0 Å². The molecule has 12 heteroatoms. The number of halogens is 2. The number of hydrogen-bond acceptors (Lipinski definition) is 7. The summed E-state index contributed by atoms with van der Waals surface area (Å²) in [5.41, 5.74) is 0.762. The molecular formula is C32H32BrClN6O4. The first-order chi connectivity index (χ1) is 21.0. The first kappa shape index (κ1) is 31.4. The fourth-order valence-electron chi connectivity index (χ4n) is 5.29. The molecule has 0 radical (unpaired) electrons. The Morgan fingerprint density at radius 3 is 2.48 bits per heavy atom. The number of hydrogen-bond donors (Lipinski definition) is 2. The zero-order valence-electron chi connectivity index (χ0n) is 24.4. The van der Waals surface area contributed by atoms with Crippen LogP contribution in [0.3, 0.4) is 0 Å². The van der Waals surface area contributed by atoms with E-state index in [0.29, 0.717) is 28.3 Å². The van der Waals surface area contributed by atoms with Gasteiger partial charge in [-0.2, -0.15) is 5.10 Å². The third-order valence-electron chi connectivity index (χ3n) is 7.14. The highest BCUT2D eigenvalue weighted by Crippen LogP contribution is 2.45. The average Bonchev–Trinajstić information content (AvgIpc) is 3.61. The Morgan fingerprint density at radius 2 is 1.84 bits per heavy atom. The van der Waals surface area contributed by atoms with Gasteiger partial charge in [-0.25, -0.2) is 19.5 Å². The largest absolute Gasteiger partial charge is 0.444 e. The van der Waals surface area contributed by atoms with E-state index in [4.69, 9.17) is 21.3 Å². The van der Waals surface area contributed by atoms with E-state index in [1.807, 2.05) is 75.4 Å². The molecule has 5 rings (SSSR count). The molecule has 3 aromatic carbocycles. The maximum absolute atomic E-state index is 14.8. The van der Waals surface area contributed by atoms with E-state index in [2.05, 4.69) is 31.3 Å². The number of guanidine groups is 1. The molecule has 2 amide bonds. The monoisotopic (exact) mass is 678 g/mol. The molecule has 1 aliphatic heterocycles. The fraction of sp³-hybridized carbons (Fsp3) is 0.281. The van der Waals surface area contributed by atoms with Gasteiger partial charge in [0.1, 0.15) is 19.3 Å². The molecule has 0 bridgehead atoms. The third-order valence-corrected chi connectivity index (χ3v) is 7.99. The van der Waals surface area contributed by atoms with Gasteiger partial charge in [-0.05, 0) is 52.8 Å². The number of alkyl carbamates (subject to hydrolysis) is 1. The molecule has 2 atom stereocenters. The van der Waals surface area contributed by atoms with E-state index >= 15 is 0 Å². The summed E-state index contributed by atoms with van der Waals surface area (Å²) < 4.78 is 7.83. The second-order valence-corrected chi connectivity index (χ2v) is 13.0. The normalized spacial score (nSPS) is 17.4. The Hall–Kier alpha value is -4.06. The molecule has 1 unspecified atom stereocenters. The highest BCUT2D eigenvalue weighted by atomic mass is 79.9. The zero-order valence-corrected chi connectivity index (χ0v) is 26.8. The van der Waals surface area contributed by atoms with Crippen molar-refractivity contribution in [2.75, 3.05) is 6.61 Å². The topological polar surface area (TPSA) is 122 Å². The fourth-order valence-corrected chi connectivity index (χ4v) is 5.75. The van der Waals surface area contributed by atoms with Gasteiger partial charge < -0.3 is 9.84 Å². The molecule has 1 aromatic heterocycles. The maximum atomic E-state index is 14.8. The molecule has 0 saturated carbocycles. The Balaban J connectivity index is 1.58. The number of aliphatic hydroxyl groups is 1. The van der Waals surface area contributed by atoms with E-state index in [0.717, 1.165) is 10.0 Å². The summed E-state index contributed by atoms with van der Waals surface area (Å²) in [5.74, 6) is -0.430. The van der Waals surface area contributed by atoms with Gasteiger partial charge in [0.2, 0.25) is 5.96 Å². The molecule has 44 heavy (non-hydrogen) atoms. The van der Waals surface area contributed by atoms with Crippen LogP contribution >= 0.6 is 27.5 Å². The molecule has 0 spiro atoms. The van der Waals surface area contributed by atoms with Crippen LogP contribution in [-0.4, -0.2) is 49.3 Å². The number of carbonyl (C=O) groups is 2. The van der Waals surface area contributed by atoms with Crippen LogP contribution in [0.25, 0.3) is 5.69 Å². The van der Waals surface area contributed by atoms with Crippen molar-refractivity contribution in [1.82, 2.24) is 25.0 Å². The van der Waals surface area contributed by atoms with E-state index < -0.39 is 30.2 Å². The van der Waals surface area contributed by atoms with Crippen molar-refractivity contribution in [3.05, 3.63) is 112 Å². The van der Waals surface area contributed by atoms with Crippen molar-refractivity contribution in [2.45, 2.75) is 45.4 Å². The zero-order chi connectivity index (χ0) is 31.5. The van der Waals surface area contributed by atoms with Crippen molar-refractivity contribution >= 4 is 45.5 Å². The van der Waals surface area contributed by atoms with Gasteiger partial charge in [0.15, 0.2) is 5.54 Å². The summed E-state index contributed by atoms with van der Waals surface area (Å²) in [6.07, 6.45) is 2.41. The Kier molecular flexibility index (Phi) is 9.19. The van der Waals surface area contributed by atoms with Gasteiger partial charge >= 0.3 is 6.09 Å². The van der Waals surface area contributed by atoms with Gasteiger partial charge in [-0.15, -0.1) is 0 Å². The van der Waals surface area contributed by atoms with Crippen LogP contribution in [-0.2, 0) is 21.7 Å². The number of carbonyl (C=O) groups excluding carboxylic acids is 2. The highest BCUT2D eigenvalue weighted by molar-refractivity contribution is 9.10. The second kappa shape index (κ2) is 12.9. The van der Waals surface area contributed by atoms with Crippen LogP contribution in [0.4, 0.5) is 4.79 Å². The number of aliphatic imine (C=N–C) groups is 1. The van der Waals surface area contributed by atoms with Gasteiger partial charge in [0.25, 0.3) is 5.91 Å². The smallest absolute Gasteiger partial charge is 0.414 e. The minimum Gasteiger partial charge on any atom is -0.444 e. The lowest BCUT2D eigenvalue weighted by Gasteiger charge is -2.34. The number of aliphatic hydroxyl groups excluding tert-OH is 1. The molecule has 4 aromatic rings. The van der Waals surface area contributed by atoms with Gasteiger partial charge in [0.05, 0.1) is 23.4 Å². The second-order valence-electron chi connectivity index (χ2n) is 11.7. The first-order valence-corrected chi connectivity index (χ1v) is 15.1. The van der Waals surface area contributed by atoms with Gasteiger partial charge in [-0.3, -0.25) is 15.0 Å². The Labute approximate surface area is 268 Å². The van der Waals surface area contributed by atoms with Crippen molar-refractivity contribution < 1.29 is 19.4 Å². The standard InChI is InChI=1S/C32H32BrClN6O4/c1-31(2,3)18-32(23-10-12-24(33)13-11-23)28(42)40(29(38-32)37-30(43)44-17-21-7-5-4-6-8-21)27(16-41)22-9-14-25(34)26(15-22)39-20-35-19-36-39/h4-15,19-20,27,41H,16-18H2,1-3H3,(H,37,38,43)/t27?,32-/m1/s1. The minimum atomic E-state index is -1.39. The lowest BCUT2D eigenvalue weighted by molar-refractivity contribution is -0.135. The van der Waals surface area contributed by atoms with Gasteiger partial charge in [-0.1, -0.05) is 96.8 Å². The van der Waals surface area contributed by atoms with Crippen molar-refractivity contribution in [1.29, 1.82) is 0 Å². The van der Waals surface area contributed by atoms with E-state index in [9.17, 15) is 14.7 Å². The molecule has 0 aliphatic carbocycles. The maximum Gasteiger partial charge on any atom is 0.414 e. The van der Waals surface area contributed by atoms with Crippen molar-refractivity contribution in [3.63, 3.8) is 0 Å². The molecule has 10 nitrogen and oxygen atoms in total. The van der Waals surface area contributed by atoms with Crippen LogP contribution < -0.4 is 5.32 Å². The summed E-state index contributed by atoms with van der Waals surface area (Å²) >= 11 is 9.96. The van der Waals surface area contributed by atoms with Crippen LogP contribution in [0.5, 0.6) is 0 Å². The number of rotatable bonds is 8. The van der Waals surface area contributed by atoms with Crippen LogP contribution in [0.2, 0.25) is 5.02 Å². The quantitative estimate of drug-likeness (QED) is 0.230. The van der Waals surface area contributed by atoms with Crippen molar-refractivity contribution in [3.8, 4) is 5.69 Å². The van der Waals surface area contributed by atoms with Gasteiger partial charge in [0, 0.05) is 4.47 Å². The summed E-state index contributed by atoms with van der Waals surface area (Å²) in [6, 6.07) is 20.8. The number of nitrogens with one attached hydrogen (secondary N) is 1. The number of aromatic nitrogens is 3. The summed E-state index contributed by atoms with van der Waals surface area (Å²) in [5, 5.41) is 18.1. The number of amides is 2. The molecule has 2 heterocycles. The lowest BCUT2D eigenvalue weighted by Crippen LogP contribution is -2.49. The van der Waals surface area contributed by atoms with Crippen molar-refractivity contribution in [2.24, 2.45) is 10.4 Å². The summed E-state index contributed by atoms with van der Waals surface area (Å²) in [6.45, 7) is 5.61. The predicted octanol–water partition coefficient (Wildman–Crippen LogP) is 6.17. The molecule has 0 fully saturated rings. The summed E-state index contributed by atoms with van der Waals surface area (Å²) in [7, 11) is 0. The predicted molar refractivity (Wildman–Crippen MR) is 170 cm³/mol. The van der Waals surface area contributed by atoms with E-state index in [1.165, 1.54) is 22.2 Å². The Bertz CT molecular complexity index is 1660. The number of benzene rings is 3. The van der Waals surface area contributed by atoms with E-state index in [1.54, 1.807) is 18.2 Å². The van der Waals surface area contributed by atoms with Crippen LogP contribution in [0, 0.1) is 5.41 Å². The molecule has 0 saturated heterocycles. The summed E-state index contributed by atoms with van der Waals surface area (Å²) in [4.78, 5) is 38.2. The number of ether oxygens (including phenoxy) is 1. The lowest BCUT2D eigenvalue weighted by atomic mass is 9.75. The Morgan fingerprint density at radius 1 is 1.11 bits per heavy atom. The van der Waals surface area contributed by atoms with Crippen LogP contribution in [0.15, 0.2) is 94.9 Å². The molecule has 1 aliphatic rings. The van der Waals surface area contributed by atoms with Crippen LogP contribution in [0.1, 0.15) is 49.9 Å².